The molecule has 0 saturated heterocycles. The Morgan fingerprint density at radius 2 is 1.85 bits per heavy atom. The van der Waals surface area contributed by atoms with Crippen molar-refractivity contribution in [1.29, 1.82) is 0 Å². The van der Waals surface area contributed by atoms with Crippen LogP contribution in [0.5, 0.6) is 0 Å². The van der Waals surface area contributed by atoms with Crippen LogP contribution in [-0.4, -0.2) is 27.8 Å². The molecule has 1 aromatic rings. The fourth-order valence-corrected chi connectivity index (χ4v) is 2.88. The number of benzene rings is 1. The molecule has 5 heteroatoms. The van der Waals surface area contributed by atoms with Gasteiger partial charge in [-0.2, -0.15) is 0 Å². The smallest absolute Gasteiger partial charge is 0.208 e. The van der Waals surface area contributed by atoms with Crippen molar-refractivity contribution in [1.82, 2.24) is 10.0 Å². The van der Waals surface area contributed by atoms with E-state index in [4.69, 9.17) is 0 Å². The lowest BCUT2D eigenvalue weighted by Gasteiger charge is -2.19. The molecule has 2 rings (SSSR count). The quantitative estimate of drug-likeness (QED) is 0.721. The molecule has 0 aromatic heterocycles. The highest BCUT2D eigenvalue weighted by atomic mass is 32.2. The van der Waals surface area contributed by atoms with Crippen LogP contribution < -0.4 is 10.0 Å². The van der Waals surface area contributed by atoms with E-state index in [-0.39, 0.29) is 0 Å². The van der Waals surface area contributed by atoms with E-state index < -0.39 is 10.0 Å². The van der Waals surface area contributed by atoms with Gasteiger partial charge in [-0.15, -0.1) is 0 Å². The second-order valence-corrected chi connectivity index (χ2v) is 7.53. The summed E-state index contributed by atoms with van der Waals surface area (Å²) in [7, 11) is -3.06. The first-order valence-electron chi connectivity index (χ1n) is 7.20. The van der Waals surface area contributed by atoms with Crippen LogP contribution in [0, 0.1) is 12.8 Å². The van der Waals surface area contributed by atoms with Crippen molar-refractivity contribution in [3.8, 4) is 0 Å². The van der Waals surface area contributed by atoms with Crippen LogP contribution in [0.3, 0.4) is 0 Å². The Morgan fingerprint density at radius 1 is 1.20 bits per heavy atom. The molecule has 1 saturated carbocycles. The van der Waals surface area contributed by atoms with Crippen LogP contribution in [0.1, 0.15) is 36.4 Å². The highest BCUT2D eigenvalue weighted by Crippen LogP contribution is 2.40. The van der Waals surface area contributed by atoms with Gasteiger partial charge in [0.25, 0.3) is 0 Å². The Balaban J connectivity index is 1.80. The number of nitrogens with one attached hydrogen (secondary N) is 2. The first kappa shape index (κ1) is 15.5. The molecule has 1 aliphatic rings. The Bertz CT molecular complexity index is 521. The molecule has 0 heterocycles. The number of hydrogen-bond donors (Lipinski definition) is 2. The molecule has 0 aliphatic heterocycles. The summed E-state index contributed by atoms with van der Waals surface area (Å²) in [5.41, 5.74) is 2.62. The number of hydrogen-bond acceptors (Lipinski definition) is 3. The van der Waals surface area contributed by atoms with Gasteiger partial charge in [0.1, 0.15) is 0 Å². The lowest BCUT2D eigenvalue weighted by atomic mass is 10.0. The van der Waals surface area contributed by atoms with E-state index in [1.54, 1.807) is 0 Å². The summed E-state index contributed by atoms with van der Waals surface area (Å²) in [5, 5.41) is 3.57. The summed E-state index contributed by atoms with van der Waals surface area (Å²) in [6, 6.07) is 9.10. The van der Waals surface area contributed by atoms with Gasteiger partial charge in [-0.05, 0) is 44.2 Å². The van der Waals surface area contributed by atoms with Gasteiger partial charge in [-0.3, -0.25) is 0 Å². The summed E-state index contributed by atoms with van der Waals surface area (Å²) in [4.78, 5) is 0. The monoisotopic (exact) mass is 296 g/mol. The van der Waals surface area contributed by atoms with Crippen LogP contribution in [0.25, 0.3) is 0 Å². The Kier molecular flexibility index (Phi) is 5.18. The molecule has 1 aliphatic carbocycles. The fourth-order valence-electron chi connectivity index (χ4n) is 2.36. The average Bonchev–Trinajstić information content (AvgIpc) is 3.18. The van der Waals surface area contributed by atoms with Crippen molar-refractivity contribution in [2.45, 2.75) is 32.2 Å². The molecule has 0 bridgehead atoms. The SMILES string of the molecule is Cc1ccc(C(NCCCNS(C)(=O)=O)C2CC2)cc1. The summed E-state index contributed by atoms with van der Waals surface area (Å²) < 4.78 is 24.5. The number of rotatable bonds is 8. The zero-order valence-corrected chi connectivity index (χ0v) is 13.0. The van der Waals surface area contributed by atoms with Crippen molar-refractivity contribution in [3.05, 3.63) is 35.4 Å². The second-order valence-electron chi connectivity index (χ2n) is 5.70. The Labute approximate surface area is 122 Å². The molecule has 0 amide bonds. The zero-order valence-electron chi connectivity index (χ0n) is 12.2. The molecule has 1 atom stereocenters. The first-order chi connectivity index (χ1) is 9.46. The van der Waals surface area contributed by atoms with E-state index in [0.29, 0.717) is 12.6 Å². The predicted molar refractivity (Wildman–Crippen MR) is 82.1 cm³/mol. The second kappa shape index (κ2) is 6.70. The Hall–Kier alpha value is -0.910. The van der Waals surface area contributed by atoms with Crippen LogP contribution in [0.15, 0.2) is 24.3 Å². The molecular weight excluding hydrogens is 272 g/mol. The van der Waals surface area contributed by atoms with Crippen molar-refractivity contribution >= 4 is 10.0 Å². The largest absolute Gasteiger partial charge is 0.310 e. The maximum absolute atomic E-state index is 11.0. The van der Waals surface area contributed by atoms with E-state index in [1.165, 1.54) is 30.2 Å². The van der Waals surface area contributed by atoms with E-state index in [0.717, 1.165) is 18.9 Å². The lowest BCUT2D eigenvalue weighted by molar-refractivity contribution is 0.474. The summed E-state index contributed by atoms with van der Waals surface area (Å²) in [6.45, 7) is 3.43. The van der Waals surface area contributed by atoms with Gasteiger partial charge < -0.3 is 5.32 Å². The van der Waals surface area contributed by atoms with E-state index in [1.807, 2.05) is 0 Å². The molecular formula is C15H24N2O2S. The molecule has 1 aromatic carbocycles. The molecule has 112 valence electrons. The third kappa shape index (κ3) is 5.23. The normalized spacial score (nSPS) is 17.1. The van der Waals surface area contributed by atoms with Crippen LogP contribution in [-0.2, 0) is 10.0 Å². The van der Waals surface area contributed by atoms with Gasteiger partial charge in [0.05, 0.1) is 6.26 Å². The third-order valence-corrected chi connectivity index (χ3v) is 4.34. The first-order valence-corrected chi connectivity index (χ1v) is 9.09. The van der Waals surface area contributed by atoms with Gasteiger partial charge in [0.2, 0.25) is 10.0 Å². The molecule has 1 unspecified atom stereocenters. The zero-order chi connectivity index (χ0) is 14.6. The van der Waals surface area contributed by atoms with E-state index in [9.17, 15) is 8.42 Å². The maximum Gasteiger partial charge on any atom is 0.208 e. The highest BCUT2D eigenvalue weighted by Gasteiger charge is 2.31. The minimum Gasteiger partial charge on any atom is -0.310 e. The van der Waals surface area contributed by atoms with Crippen molar-refractivity contribution < 1.29 is 8.42 Å². The third-order valence-electron chi connectivity index (χ3n) is 3.61. The molecule has 0 radical (unpaired) electrons. The van der Waals surface area contributed by atoms with E-state index in [2.05, 4.69) is 41.2 Å². The fraction of sp³-hybridized carbons (Fsp3) is 0.600. The molecule has 20 heavy (non-hydrogen) atoms. The summed E-state index contributed by atoms with van der Waals surface area (Å²) in [5.74, 6) is 0.737. The predicted octanol–water partition coefficient (Wildman–Crippen LogP) is 1.98. The number of sulfonamides is 1. The number of aryl methyl sites for hydroxylation is 1. The maximum atomic E-state index is 11.0. The van der Waals surface area contributed by atoms with Gasteiger partial charge in [0.15, 0.2) is 0 Å². The molecule has 2 N–H and O–H groups in total. The molecule has 4 nitrogen and oxygen atoms in total. The highest BCUT2D eigenvalue weighted by molar-refractivity contribution is 7.88. The van der Waals surface area contributed by atoms with Crippen molar-refractivity contribution in [3.63, 3.8) is 0 Å². The average molecular weight is 296 g/mol. The van der Waals surface area contributed by atoms with E-state index >= 15 is 0 Å². The minimum absolute atomic E-state index is 0.411. The Morgan fingerprint density at radius 3 is 2.40 bits per heavy atom. The topological polar surface area (TPSA) is 58.2 Å². The molecule has 1 fully saturated rings. The van der Waals surface area contributed by atoms with Gasteiger partial charge in [-0.25, -0.2) is 13.1 Å². The van der Waals surface area contributed by atoms with Crippen molar-refractivity contribution in [2.75, 3.05) is 19.3 Å². The van der Waals surface area contributed by atoms with Gasteiger partial charge >= 0.3 is 0 Å². The van der Waals surface area contributed by atoms with Crippen LogP contribution >= 0.6 is 0 Å². The summed E-state index contributed by atoms with van der Waals surface area (Å²) in [6.07, 6.45) is 4.57. The molecule has 0 spiro atoms. The standard InChI is InChI=1S/C15H24N2O2S/c1-12-4-6-13(7-5-12)15(14-8-9-14)16-10-3-11-17-20(2,18)19/h4-7,14-17H,3,8-11H2,1-2H3. The van der Waals surface area contributed by atoms with Gasteiger partial charge in [-0.1, -0.05) is 29.8 Å². The lowest BCUT2D eigenvalue weighted by Crippen LogP contribution is -2.29. The van der Waals surface area contributed by atoms with Gasteiger partial charge in [0, 0.05) is 12.6 Å². The minimum atomic E-state index is -3.06. The summed E-state index contributed by atoms with van der Waals surface area (Å²) >= 11 is 0. The van der Waals surface area contributed by atoms with Crippen molar-refractivity contribution in [2.24, 2.45) is 5.92 Å². The van der Waals surface area contributed by atoms with Crippen LogP contribution in [0.4, 0.5) is 0 Å². The van der Waals surface area contributed by atoms with Crippen LogP contribution in [0.2, 0.25) is 0 Å².